The zero-order valence-electron chi connectivity index (χ0n) is 14.1. The van der Waals surface area contributed by atoms with Gasteiger partial charge in [-0.05, 0) is 43.2 Å². The van der Waals surface area contributed by atoms with Crippen LogP contribution in [0, 0.1) is 13.8 Å². The Hall–Kier alpha value is -3.21. The molecule has 1 aromatic heterocycles. The van der Waals surface area contributed by atoms with Gasteiger partial charge < -0.3 is 9.15 Å². The van der Waals surface area contributed by atoms with Gasteiger partial charge in [-0.2, -0.15) is 0 Å². The molecule has 1 heterocycles. The molecule has 0 bridgehead atoms. The molecule has 126 valence electrons. The first-order chi connectivity index (χ1) is 12.1. The monoisotopic (exact) mass is 334 g/mol. The van der Waals surface area contributed by atoms with Crippen LogP contribution < -0.4 is 0 Å². The molecule has 0 aliphatic carbocycles. The Morgan fingerprint density at radius 1 is 1.12 bits per heavy atom. The number of ether oxygens (including phenoxy) is 1. The van der Waals surface area contributed by atoms with E-state index in [2.05, 4.69) is 10.2 Å². The Morgan fingerprint density at radius 3 is 2.76 bits per heavy atom. The van der Waals surface area contributed by atoms with E-state index in [1.54, 1.807) is 6.08 Å². The number of aryl methyl sites for hydroxylation is 2. The van der Waals surface area contributed by atoms with Crippen LogP contribution >= 0.6 is 0 Å². The van der Waals surface area contributed by atoms with Crippen LogP contribution in [-0.2, 0) is 16.1 Å². The molecule has 3 aromatic rings. The second-order valence-corrected chi connectivity index (χ2v) is 5.67. The maximum Gasteiger partial charge on any atom is 0.331 e. The molecule has 3 rings (SSSR count). The van der Waals surface area contributed by atoms with E-state index in [4.69, 9.17) is 9.15 Å². The lowest BCUT2D eigenvalue weighted by Gasteiger charge is -1.99. The summed E-state index contributed by atoms with van der Waals surface area (Å²) in [7, 11) is 0. The summed E-state index contributed by atoms with van der Waals surface area (Å²) < 4.78 is 10.7. The number of esters is 1. The topological polar surface area (TPSA) is 65.2 Å². The van der Waals surface area contributed by atoms with Crippen LogP contribution in [0.3, 0.4) is 0 Å². The van der Waals surface area contributed by atoms with Crippen molar-refractivity contribution < 1.29 is 13.9 Å². The normalized spacial score (nSPS) is 11.0. The Morgan fingerprint density at radius 2 is 1.96 bits per heavy atom. The molecule has 5 nitrogen and oxygen atoms in total. The summed E-state index contributed by atoms with van der Waals surface area (Å²) in [6.07, 6.45) is 3.11. The van der Waals surface area contributed by atoms with Crippen molar-refractivity contribution in [3.63, 3.8) is 0 Å². The first-order valence-electron chi connectivity index (χ1n) is 7.92. The fourth-order valence-electron chi connectivity index (χ4n) is 2.32. The zero-order valence-corrected chi connectivity index (χ0v) is 14.1. The van der Waals surface area contributed by atoms with Crippen LogP contribution in [-0.4, -0.2) is 16.2 Å². The molecule has 2 aromatic carbocycles. The van der Waals surface area contributed by atoms with Crippen LogP contribution in [0.2, 0.25) is 0 Å². The number of hydrogen-bond donors (Lipinski definition) is 0. The molecule has 0 N–H and O–H groups in total. The molecule has 5 heteroatoms. The van der Waals surface area contributed by atoms with Crippen molar-refractivity contribution in [2.75, 3.05) is 0 Å². The zero-order chi connectivity index (χ0) is 17.6. The molecule has 0 radical (unpaired) electrons. The Bertz CT molecular complexity index is 913. The minimum atomic E-state index is -0.460. The first kappa shape index (κ1) is 16.6. The van der Waals surface area contributed by atoms with Gasteiger partial charge >= 0.3 is 5.97 Å². The summed E-state index contributed by atoms with van der Waals surface area (Å²) in [6.45, 7) is 3.91. The van der Waals surface area contributed by atoms with Crippen LogP contribution in [0.1, 0.15) is 22.6 Å². The van der Waals surface area contributed by atoms with Crippen molar-refractivity contribution in [1.82, 2.24) is 10.2 Å². The van der Waals surface area contributed by atoms with Gasteiger partial charge in [0.15, 0.2) is 6.61 Å². The predicted octanol–water partition coefficient (Wildman–Crippen LogP) is 4.11. The first-order valence-corrected chi connectivity index (χ1v) is 7.92. The van der Waals surface area contributed by atoms with Gasteiger partial charge in [-0.25, -0.2) is 4.79 Å². The number of carbonyl (C=O) groups excluding carboxylic acids is 1. The van der Waals surface area contributed by atoms with Gasteiger partial charge in [0.2, 0.25) is 5.89 Å². The molecule has 0 saturated carbocycles. The van der Waals surface area contributed by atoms with Crippen molar-refractivity contribution >= 4 is 12.0 Å². The summed E-state index contributed by atoms with van der Waals surface area (Å²) in [5, 5.41) is 7.89. The van der Waals surface area contributed by atoms with E-state index in [0.717, 1.165) is 22.3 Å². The van der Waals surface area contributed by atoms with Crippen molar-refractivity contribution in [2.24, 2.45) is 0 Å². The Kier molecular flexibility index (Phi) is 5.04. The molecule has 25 heavy (non-hydrogen) atoms. The third-order valence-electron chi connectivity index (χ3n) is 3.66. The van der Waals surface area contributed by atoms with Gasteiger partial charge in [0.05, 0.1) is 0 Å². The smallest absolute Gasteiger partial charge is 0.331 e. The quantitative estimate of drug-likeness (QED) is 0.519. The van der Waals surface area contributed by atoms with E-state index in [9.17, 15) is 4.79 Å². The average Bonchev–Trinajstić information content (AvgIpc) is 3.08. The van der Waals surface area contributed by atoms with Crippen LogP contribution in [0.25, 0.3) is 17.5 Å². The van der Waals surface area contributed by atoms with Crippen LogP contribution in [0.5, 0.6) is 0 Å². The summed E-state index contributed by atoms with van der Waals surface area (Å²) in [5.41, 5.74) is 4.00. The molecular formula is C20H18N2O3. The maximum atomic E-state index is 11.8. The van der Waals surface area contributed by atoms with Gasteiger partial charge in [-0.3, -0.25) is 0 Å². The van der Waals surface area contributed by atoms with Gasteiger partial charge in [-0.1, -0.05) is 42.0 Å². The summed E-state index contributed by atoms with van der Waals surface area (Å²) in [5.74, 6) is 0.206. The highest BCUT2D eigenvalue weighted by molar-refractivity contribution is 5.87. The van der Waals surface area contributed by atoms with Crippen molar-refractivity contribution in [1.29, 1.82) is 0 Å². The second kappa shape index (κ2) is 7.57. The van der Waals surface area contributed by atoms with Crippen LogP contribution in [0.4, 0.5) is 0 Å². The fourth-order valence-corrected chi connectivity index (χ4v) is 2.32. The number of carbonyl (C=O) groups is 1. The van der Waals surface area contributed by atoms with E-state index < -0.39 is 5.97 Å². The Balaban J connectivity index is 1.59. The minimum Gasteiger partial charge on any atom is -0.452 e. The molecular weight excluding hydrogens is 316 g/mol. The maximum absolute atomic E-state index is 11.8. The number of rotatable bonds is 5. The highest BCUT2D eigenvalue weighted by Gasteiger charge is 2.10. The number of nitrogens with zero attached hydrogens (tertiary/aromatic N) is 2. The van der Waals surface area contributed by atoms with Crippen molar-refractivity contribution in [2.45, 2.75) is 20.5 Å². The van der Waals surface area contributed by atoms with E-state index in [0.29, 0.717) is 5.89 Å². The number of benzene rings is 2. The lowest BCUT2D eigenvalue weighted by molar-refractivity contribution is -0.139. The summed E-state index contributed by atoms with van der Waals surface area (Å²) in [6, 6.07) is 15.5. The lowest BCUT2D eigenvalue weighted by Crippen LogP contribution is -2.01. The minimum absolute atomic E-state index is 0.0598. The molecule has 0 aliphatic heterocycles. The molecule has 0 saturated heterocycles. The molecule has 0 atom stereocenters. The Labute approximate surface area is 146 Å². The van der Waals surface area contributed by atoms with E-state index >= 15 is 0 Å². The van der Waals surface area contributed by atoms with Gasteiger partial charge in [0.25, 0.3) is 5.89 Å². The highest BCUT2D eigenvalue weighted by Crippen LogP contribution is 2.19. The van der Waals surface area contributed by atoms with E-state index in [-0.39, 0.29) is 12.5 Å². The third kappa shape index (κ3) is 4.41. The largest absolute Gasteiger partial charge is 0.452 e. The van der Waals surface area contributed by atoms with Crippen molar-refractivity contribution in [3.05, 3.63) is 77.2 Å². The van der Waals surface area contributed by atoms with E-state index in [1.807, 2.05) is 62.4 Å². The van der Waals surface area contributed by atoms with Crippen molar-refractivity contribution in [3.8, 4) is 11.5 Å². The summed E-state index contributed by atoms with van der Waals surface area (Å²) in [4.78, 5) is 11.8. The highest BCUT2D eigenvalue weighted by atomic mass is 16.5. The SMILES string of the molecule is Cc1cccc(-c2nnc(COC(=O)/C=C/c3ccccc3C)o2)c1. The standard InChI is InChI=1S/C20H18N2O3/c1-14-6-5-9-17(12-14)20-22-21-18(25-20)13-24-19(23)11-10-16-8-4-3-7-15(16)2/h3-12H,13H2,1-2H3/b11-10+. The molecule has 0 fully saturated rings. The fraction of sp³-hybridized carbons (Fsp3) is 0.150. The molecule has 0 amide bonds. The molecule has 0 spiro atoms. The van der Waals surface area contributed by atoms with Gasteiger partial charge in [0, 0.05) is 11.6 Å². The van der Waals surface area contributed by atoms with Gasteiger partial charge in [0.1, 0.15) is 0 Å². The number of hydrogen-bond acceptors (Lipinski definition) is 5. The third-order valence-corrected chi connectivity index (χ3v) is 3.66. The number of aromatic nitrogens is 2. The second-order valence-electron chi connectivity index (χ2n) is 5.67. The summed E-state index contributed by atoms with van der Waals surface area (Å²) >= 11 is 0. The molecule has 0 unspecified atom stereocenters. The predicted molar refractivity (Wildman–Crippen MR) is 94.5 cm³/mol. The van der Waals surface area contributed by atoms with E-state index in [1.165, 1.54) is 6.08 Å². The lowest BCUT2D eigenvalue weighted by atomic mass is 10.1. The molecule has 0 aliphatic rings. The van der Waals surface area contributed by atoms with Crippen LogP contribution in [0.15, 0.2) is 59.0 Å². The van der Waals surface area contributed by atoms with Gasteiger partial charge in [-0.15, -0.1) is 10.2 Å². The average molecular weight is 334 g/mol.